The molecule has 4 nitrogen and oxygen atoms in total. The summed E-state index contributed by atoms with van der Waals surface area (Å²) in [6, 6.07) is 0. The van der Waals surface area contributed by atoms with Crippen molar-refractivity contribution in [2.24, 2.45) is 0 Å². The summed E-state index contributed by atoms with van der Waals surface area (Å²) in [7, 11) is 1.84. The molecule has 0 atom stereocenters. The van der Waals surface area contributed by atoms with E-state index in [2.05, 4.69) is 20.6 Å². The molecule has 0 fully saturated rings. The van der Waals surface area contributed by atoms with Crippen LogP contribution in [0.15, 0.2) is 12.5 Å². The minimum Gasteiger partial charge on any atom is -0.381 e. The largest absolute Gasteiger partial charge is 0.381 e. The van der Waals surface area contributed by atoms with Gasteiger partial charge in [-0.15, -0.1) is 0 Å². The van der Waals surface area contributed by atoms with E-state index in [1.165, 1.54) is 6.33 Å². The van der Waals surface area contributed by atoms with Gasteiger partial charge in [-0.25, -0.2) is 9.97 Å². The van der Waals surface area contributed by atoms with Crippen LogP contribution in [0.2, 0.25) is 0 Å². The van der Waals surface area contributed by atoms with Gasteiger partial charge in [-0.1, -0.05) is 0 Å². The zero-order valence-corrected chi connectivity index (χ0v) is 6.76. The molecule has 0 aromatic carbocycles. The quantitative estimate of drug-likeness (QED) is 0.677. The molecule has 11 heavy (non-hydrogen) atoms. The summed E-state index contributed by atoms with van der Waals surface area (Å²) in [6.07, 6.45) is 3.27. The Balaban J connectivity index is 2.83. The Morgan fingerprint density at radius 3 is 3.00 bits per heavy atom. The lowest BCUT2D eigenvalue weighted by atomic mass is 10.4. The highest BCUT2D eigenvalue weighted by molar-refractivity contribution is 5.61. The maximum absolute atomic E-state index is 4.03. The van der Waals surface area contributed by atoms with Gasteiger partial charge in [0, 0.05) is 13.6 Å². The molecule has 0 aliphatic carbocycles. The van der Waals surface area contributed by atoms with E-state index in [0.717, 1.165) is 18.1 Å². The second-order valence-corrected chi connectivity index (χ2v) is 2.07. The fraction of sp³-hybridized carbons (Fsp3) is 0.429. The molecule has 0 aliphatic heterocycles. The summed E-state index contributed by atoms with van der Waals surface area (Å²) in [4.78, 5) is 7.93. The number of rotatable bonds is 3. The third kappa shape index (κ3) is 1.80. The lowest BCUT2D eigenvalue weighted by Crippen LogP contribution is -2.03. The molecular weight excluding hydrogens is 140 g/mol. The maximum Gasteiger partial charge on any atom is 0.152 e. The van der Waals surface area contributed by atoms with Gasteiger partial charge >= 0.3 is 0 Å². The SMILES string of the molecule is CCNc1cncnc1NC. The predicted octanol–water partition coefficient (Wildman–Crippen LogP) is 0.950. The molecule has 0 unspecified atom stereocenters. The number of aromatic nitrogens is 2. The average molecular weight is 152 g/mol. The normalized spacial score (nSPS) is 9.27. The average Bonchev–Trinajstić information content (AvgIpc) is 2.06. The molecule has 0 radical (unpaired) electrons. The van der Waals surface area contributed by atoms with Crippen molar-refractivity contribution in [2.45, 2.75) is 6.92 Å². The van der Waals surface area contributed by atoms with Crippen molar-refractivity contribution in [1.29, 1.82) is 0 Å². The summed E-state index contributed by atoms with van der Waals surface area (Å²) in [5, 5.41) is 6.11. The van der Waals surface area contributed by atoms with Gasteiger partial charge in [0.1, 0.15) is 6.33 Å². The van der Waals surface area contributed by atoms with Gasteiger partial charge in [-0.05, 0) is 6.92 Å². The molecule has 0 saturated heterocycles. The predicted molar refractivity (Wildman–Crippen MR) is 45.7 cm³/mol. The van der Waals surface area contributed by atoms with Crippen LogP contribution in [0.1, 0.15) is 6.92 Å². The van der Waals surface area contributed by atoms with Crippen molar-refractivity contribution in [2.75, 3.05) is 24.2 Å². The smallest absolute Gasteiger partial charge is 0.152 e. The van der Waals surface area contributed by atoms with Crippen LogP contribution in [0.4, 0.5) is 11.5 Å². The van der Waals surface area contributed by atoms with E-state index in [-0.39, 0.29) is 0 Å². The highest BCUT2D eigenvalue weighted by atomic mass is 15.0. The Morgan fingerprint density at radius 2 is 2.36 bits per heavy atom. The van der Waals surface area contributed by atoms with E-state index in [4.69, 9.17) is 0 Å². The minimum atomic E-state index is 0.835. The molecule has 1 heterocycles. The van der Waals surface area contributed by atoms with E-state index < -0.39 is 0 Å². The Bertz CT molecular complexity index is 223. The monoisotopic (exact) mass is 152 g/mol. The third-order valence-electron chi connectivity index (χ3n) is 1.32. The Morgan fingerprint density at radius 1 is 1.55 bits per heavy atom. The fourth-order valence-electron chi connectivity index (χ4n) is 0.849. The van der Waals surface area contributed by atoms with Crippen molar-refractivity contribution in [3.05, 3.63) is 12.5 Å². The molecule has 1 aromatic heterocycles. The lowest BCUT2D eigenvalue weighted by Gasteiger charge is -2.06. The Hall–Kier alpha value is -1.32. The summed E-state index contributed by atoms with van der Waals surface area (Å²) in [6.45, 7) is 2.91. The molecule has 0 bridgehead atoms. The van der Waals surface area contributed by atoms with Gasteiger partial charge in [0.25, 0.3) is 0 Å². The zero-order chi connectivity index (χ0) is 8.10. The van der Waals surface area contributed by atoms with Crippen molar-refractivity contribution in [3.8, 4) is 0 Å². The minimum absolute atomic E-state index is 0.835. The van der Waals surface area contributed by atoms with Gasteiger partial charge in [0.05, 0.1) is 11.9 Å². The highest BCUT2D eigenvalue weighted by Crippen LogP contribution is 2.14. The van der Waals surface area contributed by atoms with Crippen molar-refractivity contribution < 1.29 is 0 Å². The number of hydrogen-bond donors (Lipinski definition) is 2. The second kappa shape index (κ2) is 3.75. The molecule has 2 N–H and O–H groups in total. The third-order valence-corrected chi connectivity index (χ3v) is 1.32. The summed E-state index contributed by atoms with van der Waals surface area (Å²) < 4.78 is 0. The Kier molecular flexibility index (Phi) is 2.66. The molecule has 1 rings (SSSR count). The van der Waals surface area contributed by atoms with Crippen LogP contribution < -0.4 is 10.6 Å². The van der Waals surface area contributed by atoms with E-state index in [1.807, 2.05) is 14.0 Å². The lowest BCUT2D eigenvalue weighted by molar-refractivity contribution is 1.12. The number of hydrogen-bond acceptors (Lipinski definition) is 4. The molecule has 0 saturated carbocycles. The first-order chi connectivity index (χ1) is 5.38. The molecule has 0 aliphatic rings. The van der Waals surface area contributed by atoms with Crippen molar-refractivity contribution >= 4 is 11.5 Å². The topological polar surface area (TPSA) is 49.8 Å². The first-order valence-corrected chi connectivity index (χ1v) is 3.60. The van der Waals surface area contributed by atoms with Gasteiger partial charge in [0.2, 0.25) is 0 Å². The van der Waals surface area contributed by atoms with Crippen LogP contribution in [0.5, 0.6) is 0 Å². The summed E-state index contributed by atoms with van der Waals surface area (Å²) in [5.41, 5.74) is 0.942. The van der Waals surface area contributed by atoms with E-state index in [9.17, 15) is 0 Å². The van der Waals surface area contributed by atoms with Gasteiger partial charge < -0.3 is 10.6 Å². The van der Waals surface area contributed by atoms with Crippen LogP contribution in [-0.2, 0) is 0 Å². The number of anilines is 2. The molecule has 4 heteroatoms. The summed E-state index contributed by atoms with van der Waals surface area (Å²) >= 11 is 0. The van der Waals surface area contributed by atoms with Gasteiger partial charge in [-0.2, -0.15) is 0 Å². The molecule has 60 valence electrons. The van der Waals surface area contributed by atoms with Crippen molar-refractivity contribution in [3.63, 3.8) is 0 Å². The van der Waals surface area contributed by atoms with Crippen LogP contribution in [0.3, 0.4) is 0 Å². The first-order valence-electron chi connectivity index (χ1n) is 3.60. The summed E-state index contributed by atoms with van der Waals surface area (Å²) in [5.74, 6) is 0.835. The number of nitrogens with zero attached hydrogens (tertiary/aromatic N) is 2. The fourth-order valence-corrected chi connectivity index (χ4v) is 0.849. The van der Waals surface area contributed by atoms with Crippen LogP contribution in [0.25, 0.3) is 0 Å². The molecule has 0 amide bonds. The first kappa shape index (κ1) is 7.78. The van der Waals surface area contributed by atoms with Crippen LogP contribution >= 0.6 is 0 Å². The van der Waals surface area contributed by atoms with Crippen LogP contribution in [0, 0.1) is 0 Å². The van der Waals surface area contributed by atoms with Gasteiger partial charge in [0.15, 0.2) is 5.82 Å². The standard InChI is InChI=1S/C7H12N4/c1-3-10-6-4-9-5-11-7(6)8-2/h4-5,10H,3H2,1-2H3,(H,8,9,11). The second-order valence-electron chi connectivity index (χ2n) is 2.07. The molecule has 0 spiro atoms. The van der Waals surface area contributed by atoms with E-state index >= 15 is 0 Å². The maximum atomic E-state index is 4.03. The van der Waals surface area contributed by atoms with E-state index in [0.29, 0.717) is 0 Å². The Labute approximate surface area is 66.1 Å². The highest BCUT2D eigenvalue weighted by Gasteiger charge is 1.97. The molecule has 1 aromatic rings. The van der Waals surface area contributed by atoms with E-state index in [1.54, 1.807) is 6.20 Å². The zero-order valence-electron chi connectivity index (χ0n) is 6.76. The molecular formula is C7H12N4. The van der Waals surface area contributed by atoms with Crippen LogP contribution in [-0.4, -0.2) is 23.6 Å². The number of nitrogens with one attached hydrogen (secondary N) is 2. The van der Waals surface area contributed by atoms with Gasteiger partial charge in [-0.3, -0.25) is 0 Å². The van der Waals surface area contributed by atoms with Crippen molar-refractivity contribution in [1.82, 2.24) is 9.97 Å².